The average molecular weight is 303 g/mol. The number of aliphatic hydroxyl groups is 1. The maximum atomic E-state index is 13.3. The molecule has 1 aromatic carbocycles. The lowest BCUT2D eigenvalue weighted by Gasteiger charge is -2.34. The summed E-state index contributed by atoms with van der Waals surface area (Å²) in [5.41, 5.74) is -0.546. The Morgan fingerprint density at radius 3 is 2.85 bits per heavy atom. The van der Waals surface area contributed by atoms with Gasteiger partial charge in [0.05, 0.1) is 23.6 Å². The number of hydrogen-bond donors (Lipinski definition) is 2. The van der Waals surface area contributed by atoms with Crippen molar-refractivity contribution in [2.24, 2.45) is 0 Å². The smallest absolute Gasteiger partial charge is 0.241 e. The van der Waals surface area contributed by atoms with Crippen LogP contribution in [0.3, 0.4) is 0 Å². The zero-order valence-corrected chi connectivity index (χ0v) is 12.0. The third kappa shape index (κ3) is 3.35. The van der Waals surface area contributed by atoms with Crippen LogP contribution in [0, 0.1) is 5.82 Å². The predicted molar refractivity (Wildman–Crippen MR) is 71.1 cm³/mol. The molecule has 1 heterocycles. The molecule has 0 aliphatic carbocycles. The molecule has 1 aliphatic heterocycles. The molecular formula is C13H18FNO4S. The second-order valence-corrected chi connectivity index (χ2v) is 6.88. The molecule has 2 rings (SSSR count). The SMILES string of the molecule is CC1(NS(=O)(=O)c2cc(F)ccc2CO)CCCOC1. The first-order valence-corrected chi connectivity index (χ1v) is 7.86. The number of benzene rings is 1. The normalized spacial score (nSPS) is 23.8. The van der Waals surface area contributed by atoms with Gasteiger partial charge in [-0.1, -0.05) is 6.07 Å². The van der Waals surface area contributed by atoms with Gasteiger partial charge in [-0.2, -0.15) is 0 Å². The minimum atomic E-state index is -3.91. The van der Waals surface area contributed by atoms with E-state index in [0.29, 0.717) is 13.0 Å². The molecule has 2 N–H and O–H groups in total. The van der Waals surface area contributed by atoms with Crippen LogP contribution in [-0.4, -0.2) is 32.3 Å². The van der Waals surface area contributed by atoms with E-state index < -0.39 is 28.0 Å². The summed E-state index contributed by atoms with van der Waals surface area (Å²) in [6.07, 6.45) is 1.41. The Morgan fingerprint density at radius 1 is 1.50 bits per heavy atom. The van der Waals surface area contributed by atoms with Crippen LogP contribution in [0.1, 0.15) is 25.3 Å². The Hall–Kier alpha value is -1.02. The van der Waals surface area contributed by atoms with Crippen LogP contribution in [0.2, 0.25) is 0 Å². The van der Waals surface area contributed by atoms with E-state index in [1.807, 2.05) is 0 Å². The fraction of sp³-hybridized carbons (Fsp3) is 0.538. The molecule has 1 unspecified atom stereocenters. The molecule has 0 spiro atoms. The van der Waals surface area contributed by atoms with Crippen LogP contribution in [0.25, 0.3) is 0 Å². The number of sulfonamides is 1. The average Bonchev–Trinajstić information content (AvgIpc) is 2.38. The van der Waals surface area contributed by atoms with Gasteiger partial charge in [0.2, 0.25) is 10.0 Å². The molecule has 0 amide bonds. The van der Waals surface area contributed by atoms with E-state index in [1.54, 1.807) is 6.92 Å². The lowest BCUT2D eigenvalue weighted by Crippen LogP contribution is -2.51. The highest BCUT2D eigenvalue weighted by Crippen LogP contribution is 2.24. The number of halogens is 1. The largest absolute Gasteiger partial charge is 0.392 e. The van der Waals surface area contributed by atoms with Gasteiger partial charge in [-0.25, -0.2) is 17.5 Å². The van der Waals surface area contributed by atoms with Crippen molar-refractivity contribution in [1.82, 2.24) is 4.72 Å². The van der Waals surface area contributed by atoms with Crippen LogP contribution < -0.4 is 4.72 Å². The Morgan fingerprint density at radius 2 is 2.25 bits per heavy atom. The Balaban J connectivity index is 2.32. The van der Waals surface area contributed by atoms with Crippen LogP contribution in [0.5, 0.6) is 0 Å². The van der Waals surface area contributed by atoms with Gasteiger partial charge < -0.3 is 9.84 Å². The van der Waals surface area contributed by atoms with Crippen LogP contribution in [0.15, 0.2) is 23.1 Å². The van der Waals surface area contributed by atoms with Gasteiger partial charge in [0.1, 0.15) is 5.82 Å². The number of rotatable bonds is 4. The number of aliphatic hydroxyl groups excluding tert-OH is 1. The summed E-state index contributed by atoms with van der Waals surface area (Å²) >= 11 is 0. The van der Waals surface area contributed by atoms with Gasteiger partial charge in [-0.3, -0.25) is 0 Å². The predicted octanol–water partition coefficient (Wildman–Crippen LogP) is 1.17. The van der Waals surface area contributed by atoms with Gasteiger partial charge in [0, 0.05) is 6.61 Å². The summed E-state index contributed by atoms with van der Waals surface area (Å²) in [6, 6.07) is 3.31. The zero-order valence-electron chi connectivity index (χ0n) is 11.2. The highest BCUT2D eigenvalue weighted by Gasteiger charge is 2.33. The molecule has 1 atom stereocenters. The van der Waals surface area contributed by atoms with Crippen molar-refractivity contribution in [2.45, 2.75) is 36.8 Å². The van der Waals surface area contributed by atoms with Crippen molar-refractivity contribution in [3.63, 3.8) is 0 Å². The van der Waals surface area contributed by atoms with Gasteiger partial charge >= 0.3 is 0 Å². The summed E-state index contributed by atoms with van der Waals surface area (Å²) in [5, 5.41) is 9.20. The van der Waals surface area contributed by atoms with E-state index in [-0.39, 0.29) is 17.1 Å². The van der Waals surface area contributed by atoms with Gasteiger partial charge in [-0.15, -0.1) is 0 Å². The molecule has 1 aliphatic rings. The minimum absolute atomic E-state index is 0.166. The standard InChI is InChI=1S/C13H18FNO4S/c1-13(5-2-6-19-9-13)15-20(17,18)12-7-11(14)4-3-10(12)8-16/h3-4,7,15-16H,2,5-6,8-9H2,1H3. The molecule has 1 saturated heterocycles. The third-order valence-electron chi connectivity index (χ3n) is 3.31. The molecule has 1 aromatic rings. The molecule has 112 valence electrons. The van der Waals surface area contributed by atoms with Crippen molar-refractivity contribution in [1.29, 1.82) is 0 Å². The first kappa shape index (κ1) is 15.4. The molecule has 0 aromatic heterocycles. The molecule has 0 radical (unpaired) electrons. The lowest BCUT2D eigenvalue weighted by molar-refractivity contribution is 0.0386. The van der Waals surface area contributed by atoms with Crippen molar-refractivity contribution < 1.29 is 22.7 Å². The topological polar surface area (TPSA) is 75.6 Å². The van der Waals surface area contributed by atoms with E-state index in [1.165, 1.54) is 6.07 Å². The Bertz CT molecular complexity index is 582. The van der Waals surface area contributed by atoms with Crippen molar-refractivity contribution >= 4 is 10.0 Å². The molecule has 0 bridgehead atoms. The summed E-state index contributed by atoms with van der Waals surface area (Å²) in [5.74, 6) is -0.660. The monoisotopic (exact) mass is 303 g/mol. The third-order valence-corrected chi connectivity index (χ3v) is 5.03. The maximum absolute atomic E-state index is 13.3. The van der Waals surface area contributed by atoms with Gasteiger partial charge in [-0.05, 0) is 37.5 Å². The molecule has 7 heteroatoms. The molecule has 0 saturated carbocycles. The molecule has 1 fully saturated rings. The molecule has 20 heavy (non-hydrogen) atoms. The summed E-state index contributed by atoms with van der Waals surface area (Å²) in [6.45, 7) is 2.17. The van der Waals surface area contributed by atoms with E-state index in [9.17, 15) is 17.9 Å². The van der Waals surface area contributed by atoms with E-state index in [2.05, 4.69) is 4.72 Å². The van der Waals surface area contributed by atoms with E-state index >= 15 is 0 Å². The summed E-state index contributed by atoms with van der Waals surface area (Å²) in [4.78, 5) is -0.230. The minimum Gasteiger partial charge on any atom is -0.392 e. The summed E-state index contributed by atoms with van der Waals surface area (Å²) in [7, 11) is -3.91. The lowest BCUT2D eigenvalue weighted by atomic mass is 9.97. The summed E-state index contributed by atoms with van der Waals surface area (Å²) < 4.78 is 45.9. The highest BCUT2D eigenvalue weighted by molar-refractivity contribution is 7.89. The van der Waals surface area contributed by atoms with Crippen molar-refractivity contribution in [3.8, 4) is 0 Å². The first-order valence-electron chi connectivity index (χ1n) is 6.37. The fourth-order valence-corrected chi connectivity index (χ4v) is 3.97. The van der Waals surface area contributed by atoms with Gasteiger partial charge in [0.25, 0.3) is 0 Å². The van der Waals surface area contributed by atoms with Crippen LogP contribution in [0.4, 0.5) is 4.39 Å². The Kier molecular flexibility index (Phi) is 4.43. The second kappa shape index (κ2) is 5.77. The van der Waals surface area contributed by atoms with Crippen LogP contribution in [-0.2, 0) is 21.4 Å². The molecule has 5 nitrogen and oxygen atoms in total. The van der Waals surface area contributed by atoms with Crippen molar-refractivity contribution in [3.05, 3.63) is 29.6 Å². The van der Waals surface area contributed by atoms with Crippen LogP contribution >= 0.6 is 0 Å². The first-order chi connectivity index (χ1) is 9.36. The number of nitrogens with one attached hydrogen (secondary N) is 1. The second-order valence-electron chi connectivity index (χ2n) is 5.23. The van der Waals surface area contributed by atoms with Gasteiger partial charge in [0.15, 0.2) is 0 Å². The Labute approximate surface area is 117 Å². The van der Waals surface area contributed by atoms with E-state index in [4.69, 9.17) is 4.74 Å². The fourth-order valence-electron chi connectivity index (χ4n) is 2.30. The zero-order chi connectivity index (χ0) is 14.8. The molecular weight excluding hydrogens is 285 g/mol. The highest BCUT2D eigenvalue weighted by atomic mass is 32.2. The number of hydrogen-bond acceptors (Lipinski definition) is 4. The number of ether oxygens (including phenoxy) is 1. The van der Waals surface area contributed by atoms with E-state index in [0.717, 1.165) is 18.6 Å². The quantitative estimate of drug-likeness (QED) is 0.875. The maximum Gasteiger partial charge on any atom is 0.241 e. The van der Waals surface area contributed by atoms with Crippen molar-refractivity contribution in [2.75, 3.05) is 13.2 Å².